The van der Waals surface area contributed by atoms with Crippen LogP contribution in [0.15, 0.2) is 0 Å². The van der Waals surface area contributed by atoms with Crippen LogP contribution in [-0.4, -0.2) is 14.8 Å². The predicted octanol–water partition coefficient (Wildman–Crippen LogP) is 1.27. The lowest BCUT2D eigenvalue weighted by molar-refractivity contribution is 0.424. The van der Waals surface area contributed by atoms with E-state index >= 15 is 0 Å². The zero-order valence-electron chi connectivity index (χ0n) is 8.90. The Morgan fingerprint density at radius 3 is 3.00 bits per heavy atom. The Bertz CT molecular complexity index is 318. The van der Waals surface area contributed by atoms with Gasteiger partial charge in [-0.15, -0.1) is 10.2 Å². The van der Waals surface area contributed by atoms with Crippen molar-refractivity contribution < 1.29 is 0 Å². The largest absolute Gasteiger partial charge is 0.321 e. The Kier molecular flexibility index (Phi) is 2.54. The van der Waals surface area contributed by atoms with Gasteiger partial charge in [0.1, 0.15) is 11.6 Å². The summed E-state index contributed by atoms with van der Waals surface area (Å²) in [6.07, 6.45) is 3.33. The SMILES string of the molecule is CCC(C)C(N)c1nnc2n1CCC2. The van der Waals surface area contributed by atoms with Gasteiger partial charge in [-0.2, -0.15) is 0 Å². The zero-order valence-corrected chi connectivity index (χ0v) is 8.90. The van der Waals surface area contributed by atoms with Crippen molar-refractivity contribution in [3.8, 4) is 0 Å². The lowest BCUT2D eigenvalue weighted by Crippen LogP contribution is -2.22. The second-order valence-corrected chi connectivity index (χ2v) is 4.14. The van der Waals surface area contributed by atoms with Crippen molar-refractivity contribution in [1.82, 2.24) is 14.8 Å². The van der Waals surface area contributed by atoms with E-state index in [4.69, 9.17) is 5.73 Å². The van der Waals surface area contributed by atoms with Crippen LogP contribution in [-0.2, 0) is 13.0 Å². The molecule has 0 aliphatic carbocycles. The maximum Gasteiger partial charge on any atom is 0.150 e. The number of fused-ring (bicyclic) bond motifs is 1. The highest BCUT2D eigenvalue weighted by atomic mass is 15.3. The maximum absolute atomic E-state index is 6.14. The van der Waals surface area contributed by atoms with Crippen LogP contribution in [0.3, 0.4) is 0 Å². The average Bonchev–Trinajstić information content (AvgIpc) is 2.76. The highest BCUT2D eigenvalue weighted by molar-refractivity contribution is 5.05. The molecule has 0 spiro atoms. The topological polar surface area (TPSA) is 56.7 Å². The molecule has 0 fully saturated rings. The molecule has 14 heavy (non-hydrogen) atoms. The predicted molar refractivity (Wildman–Crippen MR) is 54.7 cm³/mol. The Morgan fingerprint density at radius 1 is 1.50 bits per heavy atom. The molecule has 0 radical (unpaired) electrons. The molecule has 1 aromatic rings. The van der Waals surface area contributed by atoms with Gasteiger partial charge in [0, 0.05) is 13.0 Å². The minimum absolute atomic E-state index is 0.0411. The van der Waals surface area contributed by atoms with E-state index in [1.54, 1.807) is 0 Å². The average molecular weight is 194 g/mol. The number of rotatable bonds is 3. The van der Waals surface area contributed by atoms with Crippen molar-refractivity contribution in [1.29, 1.82) is 0 Å². The molecule has 0 saturated carbocycles. The van der Waals surface area contributed by atoms with Gasteiger partial charge in [0.25, 0.3) is 0 Å². The molecule has 4 heteroatoms. The van der Waals surface area contributed by atoms with Crippen LogP contribution in [0.25, 0.3) is 0 Å². The first kappa shape index (κ1) is 9.65. The summed E-state index contributed by atoms with van der Waals surface area (Å²) in [5.41, 5.74) is 6.14. The van der Waals surface area contributed by atoms with E-state index in [1.165, 1.54) is 6.42 Å². The monoisotopic (exact) mass is 194 g/mol. The fourth-order valence-electron chi connectivity index (χ4n) is 1.93. The minimum Gasteiger partial charge on any atom is -0.321 e. The van der Waals surface area contributed by atoms with Crippen molar-refractivity contribution in [3.05, 3.63) is 11.6 Å². The van der Waals surface area contributed by atoms with Crippen LogP contribution in [0.4, 0.5) is 0 Å². The molecule has 4 nitrogen and oxygen atoms in total. The van der Waals surface area contributed by atoms with Crippen LogP contribution in [0.5, 0.6) is 0 Å². The van der Waals surface area contributed by atoms with E-state index in [1.807, 2.05) is 0 Å². The minimum atomic E-state index is 0.0411. The van der Waals surface area contributed by atoms with E-state index in [2.05, 4.69) is 28.6 Å². The first-order valence-corrected chi connectivity index (χ1v) is 5.41. The van der Waals surface area contributed by atoms with Gasteiger partial charge in [0.2, 0.25) is 0 Å². The molecule has 2 unspecified atom stereocenters. The summed E-state index contributed by atoms with van der Waals surface area (Å²) in [4.78, 5) is 0. The lowest BCUT2D eigenvalue weighted by Gasteiger charge is -2.17. The third kappa shape index (κ3) is 1.43. The Labute approximate surface area is 84.5 Å². The number of aromatic nitrogens is 3. The molecule has 2 N–H and O–H groups in total. The number of nitrogens with two attached hydrogens (primary N) is 1. The zero-order chi connectivity index (χ0) is 10.1. The molecule has 0 aromatic carbocycles. The fourth-order valence-corrected chi connectivity index (χ4v) is 1.93. The van der Waals surface area contributed by atoms with Crippen molar-refractivity contribution in [3.63, 3.8) is 0 Å². The van der Waals surface area contributed by atoms with Crippen molar-refractivity contribution in [2.75, 3.05) is 0 Å². The molecule has 2 rings (SSSR count). The number of hydrogen-bond donors (Lipinski definition) is 1. The molecule has 0 saturated heterocycles. The number of aryl methyl sites for hydroxylation is 1. The van der Waals surface area contributed by atoms with E-state index in [-0.39, 0.29) is 6.04 Å². The Hall–Kier alpha value is -0.900. The summed E-state index contributed by atoms with van der Waals surface area (Å²) in [5.74, 6) is 2.56. The summed E-state index contributed by atoms with van der Waals surface area (Å²) in [5, 5.41) is 8.36. The second-order valence-electron chi connectivity index (χ2n) is 4.14. The highest BCUT2D eigenvalue weighted by Gasteiger charge is 2.24. The van der Waals surface area contributed by atoms with Gasteiger partial charge in [-0.3, -0.25) is 0 Å². The molecular weight excluding hydrogens is 176 g/mol. The van der Waals surface area contributed by atoms with E-state index in [0.29, 0.717) is 5.92 Å². The third-order valence-corrected chi connectivity index (χ3v) is 3.19. The quantitative estimate of drug-likeness (QED) is 0.788. The molecule has 2 heterocycles. The Morgan fingerprint density at radius 2 is 2.29 bits per heavy atom. The fraction of sp³-hybridized carbons (Fsp3) is 0.800. The summed E-state index contributed by atoms with van der Waals surface area (Å²) < 4.78 is 2.19. The van der Waals surface area contributed by atoms with Gasteiger partial charge < -0.3 is 10.3 Å². The molecular formula is C10H18N4. The van der Waals surface area contributed by atoms with Crippen LogP contribution >= 0.6 is 0 Å². The van der Waals surface area contributed by atoms with Crippen LogP contribution in [0.1, 0.15) is 44.4 Å². The molecule has 0 bridgehead atoms. The van der Waals surface area contributed by atoms with Crippen LogP contribution in [0.2, 0.25) is 0 Å². The summed E-state index contributed by atoms with van der Waals surface area (Å²) in [7, 11) is 0. The number of nitrogens with zero attached hydrogens (tertiary/aromatic N) is 3. The van der Waals surface area contributed by atoms with Crippen molar-refractivity contribution >= 4 is 0 Å². The van der Waals surface area contributed by atoms with E-state index in [9.17, 15) is 0 Å². The van der Waals surface area contributed by atoms with Gasteiger partial charge in [-0.25, -0.2) is 0 Å². The molecule has 0 amide bonds. The molecule has 2 atom stereocenters. The molecule has 1 aromatic heterocycles. The first-order valence-electron chi connectivity index (χ1n) is 5.41. The Balaban J connectivity index is 2.24. The summed E-state index contributed by atoms with van der Waals surface area (Å²) >= 11 is 0. The maximum atomic E-state index is 6.14. The van der Waals surface area contributed by atoms with E-state index in [0.717, 1.165) is 31.0 Å². The normalized spacial score (nSPS) is 19.4. The molecule has 78 valence electrons. The number of hydrogen-bond acceptors (Lipinski definition) is 3. The van der Waals surface area contributed by atoms with Gasteiger partial charge in [0.05, 0.1) is 6.04 Å². The summed E-state index contributed by atoms with van der Waals surface area (Å²) in [6.45, 7) is 5.37. The highest BCUT2D eigenvalue weighted by Crippen LogP contribution is 2.23. The second kappa shape index (κ2) is 3.69. The van der Waals surface area contributed by atoms with Crippen LogP contribution in [0, 0.1) is 5.92 Å². The third-order valence-electron chi connectivity index (χ3n) is 3.19. The molecule has 1 aliphatic rings. The first-order chi connectivity index (χ1) is 6.74. The van der Waals surface area contributed by atoms with Gasteiger partial charge in [-0.1, -0.05) is 20.3 Å². The van der Waals surface area contributed by atoms with E-state index < -0.39 is 0 Å². The van der Waals surface area contributed by atoms with Crippen molar-refractivity contribution in [2.24, 2.45) is 11.7 Å². The van der Waals surface area contributed by atoms with Gasteiger partial charge in [0.15, 0.2) is 0 Å². The van der Waals surface area contributed by atoms with Crippen molar-refractivity contribution in [2.45, 2.75) is 45.7 Å². The van der Waals surface area contributed by atoms with Crippen LogP contribution < -0.4 is 5.73 Å². The summed E-state index contributed by atoms with van der Waals surface area (Å²) in [6, 6.07) is 0.0411. The van der Waals surface area contributed by atoms with Gasteiger partial charge in [-0.05, 0) is 12.3 Å². The molecule has 1 aliphatic heterocycles. The standard InChI is InChI=1S/C10H18N4/c1-3-7(2)9(11)10-13-12-8-5-4-6-14(8)10/h7,9H,3-6,11H2,1-2H3. The smallest absolute Gasteiger partial charge is 0.150 e. The lowest BCUT2D eigenvalue weighted by atomic mass is 9.99. The van der Waals surface area contributed by atoms with Gasteiger partial charge >= 0.3 is 0 Å².